The SMILES string of the molecule is COc1ccc(C(=O)CCC(=O)N2CCC3(C=C(C)CCO3)CC2)cc1. The number of methoxy groups -OCH3 is 1. The first kappa shape index (κ1) is 18.6. The van der Waals surface area contributed by atoms with E-state index in [2.05, 4.69) is 13.0 Å². The molecule has 1 saturated heterocycles. The summed E-state index contributed by atoms with van der Waals surface area (Å²) in [6, 6.07) is 7.01. The molecule has 1 spiro atoms. The van der Waals surface area contributed by atoms with Crippen molar-refractivity contribution in [1.82, 2.24) is 4.90 Å². The lowest BCUT2D eigenvalue weighted by Crippen LogP contribution is -2.48. The fourth-order valence-electron chi connectivity index (χ4n) is 3.70. The van der Waals surface area contributed by atoms with Gasteiger partial charge < -0.3 is 14.4 Å². The largest absolute Gasteiger partial charge is 0.497 e. The predicted octanol–water partition coefficient (Wildman–Crippen LogP) is 3.39. The van der Waals surface area contributed by atoms with E-state index in [1.165, 1.54) is 5.57 Å². The zero-order chi connectivity index (χ0) is 18.6. The van der Waals surface area contributed by atoms with Crippen molar-refractivity contribution < 1.29 is 19.1 Å². The third-order valence-corrected chi connectivity index (χ3v) is 5.34. The molecule has 0 unspecified atom stereocenters. The van der Waals surface area contributed by atoms with Crippen molar-refractivity contribution in [3.05, 3.63) is 41.5 Å². The lowest BCUT2D eigenvalue weighted by molar-refractivity contribution is -0.136. The Bertz CT molecular complexity index is 684. The molecule has 1 amide bonds. The molecule has 2 aliphatic heterocycles. The Morgan fingerprint density at radius 1 is 1.15 bits per heavy atom. The molecule has 1 fully saturated rings. The van der Waals surface area contributed by atoms with Crippen LogP contribution in [0.2, 0.25) is 0 Å². The molecule has 5 heteroatoms. The number of ether oxygens (including phenoxy) is 2. The van der Waals surface area contributed by atoms with Gasteiger partial charge in [-0.05, 0) is 50.5 Å². The van der Waals surface area contributed by atoms with Crippen molar-refractivity contribution in [1.29, 1.82) is 0 Å². The van der Waals surface area contributed by atoms with Crippen molar-refractivity contribution in [2.75, 3.05) is 26.8 Å². The van der Waals surface area contributed by atoms with Gasteiger partial charge in [0.2, 0.25) is 5.91 Å². The molecule has 26 heavy (non-hydrogen) atoms. The molecule has 3 rings (SSSR count). The van der Waals surface area contributed by atoms with Gasteiger partial charge >= 0.3 is 0 Å². The van der Waals surface area contributed by atoms with Crippen LogP contribution in [0.4, 0.5) is 0 Å². The molecule has 2 aliphatic rings. The van der Waals surface area contributed by atoms with Crippen LogP contribution in [0.5, 0.6) is 5.75 Å². The summed E-state index contributed by atoms with van der Waals surface area (Å²) in [5.74, 6) is 0.760. The highest BCUT2D eigenvalue weighted by molar-refractivity contribution is 5.98. The number of Topliss-reactive ketones (excluding diaryl/α,β-unsaturated/α-hetero) is 1. The second-order valence-corrected chi connectivity index (χ2v) is 7.19. The number of piperidine rings is 1. The number of likely N-dealkylation sites (tertiary alicyclic amines) is 1. The maximum Gasteiger partial charge on any atom is 0.223 e. The Morgan fingerprint density at radius 3 is 2.46 bits per heavy atom. The van der Waals surface area contributed by atoms with E-state index in [9.17, 15) is 9.59 Å². The molecular formula is C21H27NO4. The number of ketones is 1. The van der Waals surface area contributed by atoms with E-state index in [-0.39, 0.29) is 30.1 Å². The normalized spacial score (nSPS) is 19.2. The summed E-state index contributed by atoms with van der Waals surface area (Å²) in [4.78, 5) is 26.6. The average Bonchev–Trinajstić information content (AvgIpc) is 2.66. The standard InChI is InChI=1S/C21H27NO4/c1-16-9-14-26-21(15-16)10-12-22(13-11-21)20(24)8-7-19(23)17-3-5-18(25-2)6-4-17/h3-6,15H,7-14H2,1-2H3. The molecule has 2 heterocycles. The van der Waals surface area contributed by atoms with Crippen LogP contribution < -0.4 is 4.74 Å². The lowest BCUT2D eigenvalue weighted by atomic mass is 9.87. The minimum absolute atomic E-state index is 0.0105. The molecule has 1 aromatic rings. The minimum atomic E-state index is -0.183. The molecule has 0 radical (unpaired) electrons. The summed E-state index contributed by atoms with van der Waals surface area (Å²) in [6.07, 6.45) is 5.41. The number of carbonyl (C=O) groups excluding carboxylic acids is 2. The molecule has 0 aliphatic carbocycles. The van der Waals surface area contributed by atoms with Crippen LogP contribution in [0.3, 0.4) is 0 Å². The highest BCUT2D eigenvalue weighted by atomic mass is 16.5. The number of amides is 1. The summed E-state index contributed by atoms with van der Waals surface area (Å²) in [5, 5.41) is 0. The lowest BCUT2D eigenvalue weighted by Gasteiger charge is -2.42. The zero-order valence-electron chi connectivity index (χ0n) is 15.6. The van der Waals surface area contributed by atoms with Gasteiger partial charge in [0.15, 0.2) is 5.78 Å². The Balaban J connectivity index is 1.48. The van der Waals surface area contributed by atoms with E-state index < -0.39 is 0 Å². The van der Waals surface area contributed by atoms with Crippen molar-refractivity contribution >= 4 is 11.7 Å². The summed E-state index contributed by atoms with van der Waals surface area (Å²) >= 11 is 0. The highest BCUT2D eigenvalue weighted by Gasteiger charge is 2.36. The highest BCUT2D eigenvalue weighted by Crippen LogP contribution is 2.33. The molecule has 0 N–H and O–H groups in total. The van der Waals surface area contributed by atoms with Crippen molar-refractivity contribution in [3.8, 4) is 5.75 Å². The van der Waals surface area contributed by atoms with Gasteiger partial charge in [0, 0.05) is 31.5 Å². The van der Waals surface area contributed by atoms with Crippen LogP contribution in [0.25, 0.3) is 0 Å². The second-order valence-electron chi connectivity index (χ2n) is 7.19. The smallest absolute Gasteiger partial charge is 0.223 e. The summed E-state index contributed by atoms with van der Waals surface area (Å²) in [5.41, 5.74) is 1.81. The zero-order valence-corrected chi connectivity index (χ0v) is 15.6. The van der Waals surface area contributed by atoms with Crippen LogP contribution in [-0.4, -0.2) is 49.0 Å². The van der Waals surface area contributed by atoms with Gasteiger partial charge in [-0.2, -0.15) is 0 Å². The molecule has 0 aromatic heterocycles. The Kier molecular flexibility index (Phi) is 5.77. The maximum atomic E-state index is 12.5. The Morgan fingerprint density at radius 2 is 1.85 bits per heavy atom. The third-order valence-electron chi connectivity index (χ3n) is 5.34. The van der Waals surface area contributed by atoms with Crippen LogP contribution >= 0.6 is 0 Å². The van der Waals surface area contributed by atoms with E-state index in [1.54, 1.807) is 31.4 Å². The van der Waals surface area contributed by atoms with Crippen LogP contribution in [-0.2, 0) is 9.53 Å². The first-order chi connectivity index (χ1) is 12.5. The van der Waals surface area contributed by atoms with Gasteiger partial charge in [0.25, 0.3) is 0 Å². The minimum Gasteiger partial charge on any atom is -0.497 e. The average molecular weight is 357 g/mol. The number of hydrogen-bond donors (Lipinski definition) is 0. The number of hydrogen-bond acceptors (Lipinski definition) is 4. The van der Waals surface area contributed by atoms with Crippen LogP contribution in [0, 0.1) is 0 Å². The number of carbonyl (C=O) groups is 2. The summed E-state index contributed by atoms with van der Waals surface area (Å²) < 4.78 is 11.1. The van der Waals surface area contributed by atoms with E-state index in [1.807, 2.05) is 4.90 Å². The van der Waals surface area contributed by atoms with Gasteiger partial charge in [-0.3, -0.25) is 9.59 Å². The molecule has 0 atom stereocenters. The van der Waals surface area contributed by atoms with Crippen molar-refractivity contribution in [2.45, 2.75) is 44.6 Å². The van der Waals surface area contributed by atoms with E-state index >= 15 is 0 Å². The van der Waals surface area contributed by atoms with E-state index in [0.29, 0.717) is 24.4 Å². The van der Waals surface area contributed by atoms with Crippen LogP contribution in [0.15, 0.2) is 35.9 Å². The van der Waals surface area contributed by atoms with Crippen molar-refractivity contribution in [2.24, 2.45) is 0 Å². The Hall–Kier alpha value is -2.14. The first-order valence-corrected chi connectivity index (χ1v) is 9.29. The van der Waals surface area contributed by atoms with Crippen LogP contribution in [0.1, 0.15) is 49.4 Å². The molecule has 5 nitrogen and oxygen atoms in total. The number of benzene rings is 1. The van der Waals surface area contributed by atoms with Crippen molar-refractivity contribution in [3.63, 3.8) is 0 Å². The summed E-state index contributed by atoms with van der Waals surface area (Å²) in [7, 11) is 1.59. The van der Waals surface area contributed by atoms with Gasteiger partial charge in [-0.1, -0.05) is 11.6 Å². The third kappa shape index (κ3) is 4.33. The fourth-order valence-corrected chi connectivity index (χ4v) is 3.70. The van der Waals surface area contributed by atoms with Gasteiger partial charge in [-0.25, -0.2) is 0 Å². The molecule has 1 aromatic carbocycles. The second kappa shape index (κ2) is 8.04. The van der Waals surface area contributed by atoms with E-state index in [4.69, 9.17) is 9.47 Å². The molecule has 0 saturated carbocycles. The van der Waals surface area contributed by atoms with Gasteiger partial charge in [0.05, 0.1) is 19.3 Å². The molecule has 0 bridgehead atoms. The number of nitrogens with zero attached hydrogens (tertiary/aromatic N) is 1. The first-order valence-electron chi connectivity index (χ1n) is 9.29. The summed E-state index contributed by atoms with van der Waals surface area (Å²) in [6.45, 7) is 4.30. The quantitative estimate of drug-likeness (QED) is 0.599. The van der Waals surface area contributed by atoms with E-state index in [0.717, 1.165) is 25.9 Å². The Labute approximate surface area is 155 Å². The predicted molar refractivity (Wildman–Crippen MR) is 99.4 cm³/mol. The van der Waals surface area contributed by atoms with Gasteiger partial charge in [0.1, 0.15) is 5.75 Å². The number of rotatable bonds is 5. The monoisotopic (exact) mass is 357 g/mol. The maximum absolute atomic E-state index is 12.5. The molecule has 140 valence electrons. The topological polar surface area (TPSA) is 55.8 Å². The fraction of sp³-hybridized carbons (Fsp3) is 0.524. The van der Waals surface area contributed by atoms with Gasteiger partial charge in [-0.15, -0.1) is 0 Å². The molecular weight excluding hydrogens is 330 g/mol.